The zero-order valence-electron chi connectivity index (χ0n) is 8.78. The van der Waals surface area contributed by atoms with Crippen molar-refractivity contribution in [3.8, 4) is 5.75 Å². The van der Waals surface area contributed by atoms with Crippen molar-refractivity contribution in [1.29, 1.82) is 0 Å². The highest BCUT2D eigenvalue weighted by Crippen LogP contribution is 2.26. The summed E-state index contributed by atoms with van der Waals surface area (Å²) in [6.45, 7) is 2.26. The van der Waals surface area contributed by atoms with E-state index >= 15 is 0 Å². The molecule has 1 unspecified atom stereocenters. The number of hydrogen-bond acceptors (Lipinski definition) is 3. The molecule has 3 nitrogen and oxygen atoms in total. The summed E-state index contributed by atoms with van der Waals surface area (Å²) in [7, 11) is 3.24. The van der Waals surface area contributed by atoms with Crippen LogP contribution in [0.25, 0.3) is 0 Å². The minimum Gasteiger partial charge on any atom is -0.496 e. The highest BCUT2D eigenvalue weighted by molar-refractivity contribution is 5.38. The Labute approximate surface area is 84.3 Å². The normalized spacial score (nSPS) is 12.6. The average molecular weight is 196 g/mol. The van der Waals surface area contributed by atoms with Gasteiger partial charge >= 0.3 is 0 Å². The van der Waals surface area contributed by atoms with Gasteiger partial charge in [0, 0.05) is 12.7 Å². The van der Waals surface area contributed by atoms with Crippen LogP contribution in [0.2, 0.25) is 0 Å². The third-order valence-corrected chi connectivity index (χ3v) is 2.06. The largest absolute Gasteiger partial charge is 0.496 e. The molecule has 0 fully saturated rings. The Hall–Kier alpha value is -1.06. The van der Waals surface area contributed by atoms with Crippen molar-refractivity contribution in [2.45, 2.75) is 19.6 Å². The zero-order chi connectivity index (χ0) is 10.6. The van der Waals surface area contributed by atoms with E-state index in [1.54, 1.807) is 21.1 Å². The van der Waals surface area contributed by atoms with E-state index in [2.05, 4.69) is 0 Å². The Morgan fingerprint density at radius 1 is 1.36 bits per heavy atom. The van der Waals surface area contributed by atoms with E-state index in [4.69, 9.17) is 9.47 Å². The van der Waals surface area contributed by atoms with Gasteiger partial charge in [-0.1, -0.05) is 6.07 Å². The van der Waals surface area contributed by atoms with Gasteiger partial charge in [0.2, 0.25) is 0 Å². The van der Waals surface area contributed by atoms with Crippen LogP contribution in [0, 0.1) is 0 Å². The molecule has 3 heteroatoms. The molecule has 0 amide bonds. The lowest BCUT2D eigenvalue weighted by Crippen LogP contribution is -1.98. The molecule has 0 spiro atoms. The van der Waals surface area contributed by atoms with Crippen LogP contribution < -0.4 is 4.74 Å². The van der Waals surface area contributed by atoms with E-state index < -0.39 is 6.10 Å². The number of aliphatic hydroxyl groups excluding tert-OH is 1. The van der Waals surface area contributed by atoms with E-state index in [0.717, 1.165) is 11.1 Å². The second kappa shape index (κ2) is 4.98. The molecule has 0 radical (unpaired) electrons. The number of hydrogen-bond donors (Lipinski definition) is 1. The highest BCUT2D eigenvalue weighted by atomic mass is 16.5. The van der Waals surface area contributed by atoms with Gasteiger partial charge in [0.05, 0.1) is 19.8 Å². The van der Waals surface area contributed by atoms with Gasteiger partial charge in [0.1, 0.15) is 5.75 Å². The predicted octanol–water partition coefficient (Wildman–Crippen LogP) is 1.89. The first-order valence-electron chi connectivity index (χ1n) is 4.53. The fourth-order valence-electron chi connectivity index (χ4n) is 1.37. The van der Waals surface area contributed by atoms with Crippen molar-refractivity contribution in [2.75, 3.05) is 14.2 Å². The van der Waals surface area contributed by atoms with Crippen LogP contribution in [-0.4, -0.2) is 19.3 Å². The summed E-state index contributed by atoms with van der Waals surface area (Å²) in [6.07, 6.45) is -0.526. The summed E-state index contributed by atoms with van der Waals surface area (Å²) in [6, 6.07) is 5.66. The summed E-state index contributed by atoms with van der Waals surface area (Å²) < 4.78 is 10.2. The molecule has 14 heavy (non-hydrogen) atoms. The van der Waals surface area contributed by atoms with Crippen LogP contribution in [0.5, 0.6) is 5.75 Å². The molecule has 0 heterocycles. The van der Waals surface area contributed by atoms with E-state index in [1.165, 1.54) is 0 Å². The van der Waals surface area contributed by atoms with Gasteiger partial charge in [-0.2, -0.15) is 0 Å². The van der Waals surface area contributed by atoms with E-state index in [9.17, 15) is 5.11 Å². The van der Waals surface area contributed by atoms with Gasteiger partial charge in [-0.3, -0.25) is 0 Å². The summed E-state index contributed by atoms with van der Waals surface area (Å²) >= 11 is 0. The summed E-state index contributed by atoms with van der Waals surface area (Å²) in [5.74, 6) is 0.708. The molecule has 1 rings (SSSR count). The Balaban J connectivity index is 3.01. The van der Waals surface area contributed by atoms with Gasteiger partial charge < -0.3 is 14.6 Å². The van der Waals surface area contributed by atoms with Crippen molar-refractivity contribution in [1.82, 2.24) is 0 Å². The van der Waals surface area contributed by atoms with Crippen LogP contribution in [0.3, 0.4) is 0 Å². The molecule has 0 aromatic heterocycles. The van der Waals surface area contributed by atoms with Crippen molar-refractivity contribution >= 4 is 0 Å². The van der Waals surface area contributed by atoms with Crippen LogP contribution >= 0.6 is 0 Å². The maximum atomic E-state index is 9.51. The number of aliphatic hydroxyl groups is 1. The fourth-order valence-corrected chi connectivity index (χ4v) is 1.37. The third kappa shape index (κ3) is 2.47. The van der Waals surface area contributed by atoms with Gasteiger partial charge in [0.15, 0.2) is 0 Å². The SMILES string of the molecule is COCc1ccc(OC)c(C(C)O)c1. The molecule has 1 aromatic rings. The van der Waals surface area contributed by atoms with Crippen molar-refractivity contribution in [3.05, 3.63) is 29.3 Å². The van der Waals surface area contributed by atoms with E-state index in [-0.39, 0.29) is 0 Å². The lowest BCUT2D eigenvalue weighted by atomic mass is 10.1. The molecule has 1 atom stereocenters. The van der Waals surface area contributed by atoms with Gasteiger partial charge in [-0.15, -0.1) is 0 Å². The van der Waals surface area contributed by atoms with Crippen molar-refractivity contribution in [2.24, 2.45) is 0 Å². The first kappa shape index (κ1) is 11.0. The molecule has 0 saturated heterocycles. The molecule has 1 N–H and O–H groups in total. The molecule has 0 aliphatic rings. The summed E-state index contributed by atoms with van der Waals surface area (Å²) in [5, 5.41) is 9.51. The van der Waals surface area contributed by atoms with E-state index in [1.807, 2.05) is 18.2 Å². The summed E-state index contributed by atoms with van der Waals surface area (Å²) in [4.78, 5) is 0. The van der Waals surface area contributed by atoms with E-state index in [0.29, 0.717) is 12.4 Å². The van der Waals surface area contributed by atoms with Crippen LogP contribution in [-0.2, 0) is 11.3 Å². The smallest absolute Gasteiger partial charge is 0.124 e. The second-order valence-corrected chi connectivity index (χ2v) is 3.19. The van der Waals surface area contributed by atoms with Gasteiger partial charge in [-0.05, 0) is 24.6 Å². The quantitative estimate of drug-likeness (QED) is 0.799. The van der Waals surface area contributed by atoms with Crippen LogP contribution in [0.1, 0.15) is 24.2 Å². The molecule has 0 bridgehead atoms. The Morgan fingerprint density at radius 3 is 2.57 bits per heavy atom. The fraction of sp³-hybridized carbons (Fsp3) is 0.455. The molecular weight excluding hydrogens is 180 g/mol. The topological polar surface area (TPSA) is 38.7 Å². The Bertz CT molecular complexity index is 295. The number of ether oxygens (including phenoxy) is 2. The molecule has 0 saturated carbocycles. The average Bonchev–Trinajstić information content (AvgIpc) is 2.18. The lowest BCUT2D eigenvalue weighted by Gasteiger charge is -2.12. The molecular formula is C11H16O3. The van der Waals surface area contributed by atoms with Crippen molar-refractivity contribution in [3.63, 3.8) is 0 Å². The zero-order valence-corrected chi connectivity index (χ0v) is 8.78. The highest BCUT2D eigenvalue weighted by Gasteiger charge is 2.09. The standard InChI is InChI=1S/C11H16O3/c1-8(12)10-6-9(7-13-2)4-5-11(10)14-3/h4-6,8,12H,7H2,1-3H3. The third-order valence-electron chi connectivity index (χ3n) is 2.06. The number of benzene rings is 1. The Morgan fingerprint density at radius 2 is 2.07 bits per heavy atom. The Kier molecular flexibility index (Phi) is 3.92. The molecule has 0 aliphatic carbocycles. The first-order chi connectivity index (χ1) is 6.69. The molecule has 78 valence electrons. The molecule has 1 aromatic carbocycles. The monoisotopic (exact) mass is 196 g/mol. The predicted molar refractivity (Wildman–Crippen MR) is 54.3 cm³/mol. The minimum absolute atomic E-state index is 0.526. The lowest BCUT2D eigenvalue weighted by molar-refractivity contribution is 0.181. The van der Waals surface area contributed by atoms with Crippen molar-refractivity contribution < 1.29 is 14.6 Å². The maximum absolute atomic E-state index is 9.51. The number of rotatable bonds is 4. The van der Waals surface area contributed by atoms with Crippen LogP contribution in [0.4, 0.5) is 0 Å². The van der Waals surface area contributed by atoms with Gasteiger partial charge in [0.25, 0.3) is 0 Å². The minimum atomic E-state index is -0.526. The first-order valence-corrected chi connectivity index (χ1v) is 4.53. The number of methoxy groups -OCH3 is 2. The van der Waals surface area contributed by atoms with Crippen LogP contribution in [0.15, 0.2) is 18.2 Å². The summed E-state index contributed by atoms with van der Waals surface area (Å²) in [5.41, 5.74) is 1.83. The molecule has 0 aliphatic heterocycles. The van der Waals surface area contributed by atoms with Gasteiger partial charge in [-0.25, -0.2) is 0 Å². The maximum Gasteiger partial charge on any atom is 0.124 e. The second-order valence-electron chi connectivity index (χ2n) is 3.19.